The first-order valence-corrected chi connectivity index (χ1v) is 8.63. The Labute approximate surface area is 152 Å². The lowest BCUT2D eigenvalue weighted by Gasteiger charge is -2.27. The molecule has 2 aromatic rings. The first kappa shape index (κ1) is 18.2. The van der Waals surface area contributed by atoms with Crippen LogP contribution >= 0.6 is 0 Å². The van der Waals surface area contributed by atoms with E-state index in [0.717, 1.165) is 11.5 Å². The molecule has 0 saturated heterocycles. The molecule has 3 rings (SSSR count). The van der Waals surface area contributed by atoms with E-state index in [9.17, 15) is 9.90 Å². The largest absolute Gasteiger partial charge is 0.491 e. The molecular weight excluding hydrogens is 334 g/mol. The van der Waals surface area contributed by atoms with E-state index in [0.29, 0.717) is 31.0 Å². The summed E-state index contributed by atoms with van der Waals surface area (Å²) in [6.45, 7) is 3.04. The van der Waals surface area contributed by atoms with Gasteiger partial charge in [0.25, 0.3) is 0 Å². The molecule has 6 heteroatoms. The second-order valence-corrected chi connectivity index (χ2v) is 6.20. The topological polar surface area (TPSA) is 77.0 Å². The van der Waals surface area contributed by atoms with E-state index in [1.54, 1.807) is 24.3 Å². The molecule has 0 spiro atoms. The molecule has 6 nitrogen and oxygen atoms in total. The van der Waals surface area contributed by atoms with Crippen molar-refractivity contribution in [2.24, 2.45) is 0 Å². The predicted octanol–water partition coefficient (Wildman–Crippen LogP) is 2.06. The van der Waals surface area contributed by atoms with Crippen molar-refractivity contribution >= 4 is 5.78 Å². The normalized spacial score (nSPS) is 16.8. The standard InChI is InChI=1S/C20H23NO5/c1-14(22)15-5-4-6-17(9-15)24-12-16(23)10-21-11-18-13-25-19-7-2-3-8-20(19)26-18/h2-9,16,18,21,23H,10-13H2,1H3/t16-,18-/m0/s1. The fourth-order valence-corrected chi connectivity index (χ4v) is 2.63. The fraction of sp³-hybridized carbons (Fsp3) is 0.350. The van der Waals surface area contributed by atoms with Crippen molar-refractivity contribution in [2.45, 2.75) is 19.1 Å². The number of hydrogen-bond donors (Lipinski definition) is 2. The van der Waals surface area contributed by atoms with E-state index < -0.39 is 6.10 Å². The van der Waals surface area contributed by atoms with E-state index in [4.69, 9.17) is 14.2 Å². The smallest absolute Gasteiger partial charge is 0.161 e. The Kier molecular flexibility index (Phi) is 6.09. The number of ether oxygens (including phenoxy) is 3. The van der Waals surface area contributed by atoms with E-state index in [2.05, 4.69) is 5.32 Å². The van der Waals surface area contributed by atoms with Crippen molar-refractivity contribution < 1.29 is 24.1 Å². The lowest BCUT2D eigenvalue weighted by atomic mass is 10.1. The molecule has 0 radical (unpaired) electrons. The molecule has 0 unspecified atom stereocenters. The van der Waals surface area contributed by atoms with Crippen LogP contribution < -0.4 is 19.5 Å². The highest BCUT2D eigenvalue weighted by molar-refractivity contribution is 5.94. The van der Waals surface area contributed by atoms with Crippen molar-refractivity contribution in [2.75, 3.05) is 26.3 Å². The highest BCUT2D eigenvalue weighted by atomic mass is 16.6. The monoisotopic (exact) mass is 357 g/mol. The van der Waals surface area contributed by atoms with Crippen LogP contribution in [-0.2, 0) is 0 Å². The van der Waals surface area contributed by atoms with Gasteiger partial charge >= 0.3 is 0 Å². The minimum atomic E-state index is -0.673. The van der Waals surface area contributed by atoms with Gasteiger partial charge in [-0.05, 0) is 31.2 Å². The molecule has 0 saturated carbocycles. The summed E-state index contributed by atoms with van der Waals surface area (Å²) in [7, 11) is 0. The maximum absolute atomic E-state index is 11.4. The number of benzene rings is 2. The molecule has 2 atom stereocenters. The number of rotatable bonds is 8. The molecule has 26 heavy (non-hydrogen) atoms. The molecule has 2 N–H and O–H groups in total. The van der Waals surface area contributed by atoms with Gasteiger partial charge in [0.05, 0.1) is 0 Å². The zero-order valence-electron chi connectivity index (χ0n) is 14.7. The van der Waals surface area contributed by atoms with Crippen LogP contribution in [-0.4, -0.2) is 49.4 Å². The first-order chi connectivity index (χ1) is 12.6. The van der Waals surface area contributed by atoms with Crippen molar-refractivity contribution in [3.8, 4) is 17.2 Å². The van der Waals surface area contributed by atoms with Crippen LogP contribution in [0.4, 0.5) is 0 Å². The van der Waals surface area contributed by atoms with Gasteiger partial charge in [-0.15, -0.1) is 0 Å². The van der Waals surface area contributed by atoms with Crippen molar-refractivity contribution in [3.63, 3.8) is 0 Å². The van der Waals surface area contributed by atoms with Gasteiger partial charge in [-0.25, -0.2) is 0 Å². The minimum Gasteiger partial charge on any atom is -0.491 e. The molecule has 1 aliphatic heterocycles. The van der Waals surface area contributed by atoms with Crippen LogP contribution in [0.15, 0.2) is 48.5 Å². The summed E-state index contributed by atoms with van der Waals surface area (Å²) in [6.07, 6.45) is -0.780. The highest BCUT2D eigenvalue weighted by Gasteiger charge is 2.20. The van der Waals surface area contributed by atoms with Gasteiger partial charge in [0.2, 0.25) is 0 Å². The second-order valence-electron chi connectivity index (χ2n) is 6.20. The first-order valence-electron chi connectivity index (χ1n) is 8.63. The lowest BCUT2D eigenvalue weighted by molar-refractivity contribution is 0.0778. The van der Waals surface area contributed by atoms with Gasteiger partial charge in [-0.2, -0.15) is 0 Å². The number of aliphatic hydroxyl groups is 1. The number of aliphatic hydroxyl groups excluding tert-OH is 1. The maximum Gasteiger partial charge on any atom is 0.161 e. The Bertz CT molecular complexity index is 748. The molecule has 2 aromatic carbocycles. The van der Waals surface area contributed by atoms with Crippen LogP contribution in [0.2, 0.25) is 0 Å². The van der Waals surface area contributed by atoms with E-state index in [-0.39, 0.29) is 18.5 Å². The SMILES string of the molecule is CC(=O)c1cccc(OC[C@@H](O)CNC[C@H]2COc3ccccc3O2)c1. The van der Waals surface area contributed by atoms with Crippen LogP contribution in [0.25, 0.3) is 0 Å². The van der Waals surface area contributed by atoms with Gasteiger partial charge in [0.1, 0.15) is 31.2 Å². The Morgan fingerprint density at radius 1 is 1.27 bits per heavy atom. The summed E-state index contributed by atoms with van der Waals surface area (Å²) in [4.78, 5) is 11.4. The number of hydrogen-bond acceptors (Lipinski definition) is 6. The van der Waals surface area contributed by atoms with Crippen LogP contribution in [0.3, 0.4) is 0 Å². The predicted molar refractivity (Wildman–Crippen MR) is 97.2 cm³/mol. The Balaban J connectivity index is 1.38. The molecule has 0 amide bonds. The van der Waals surface area contributed by atoms with Crippen molar-refractivity contribution in [3.05, 3.63) is 54.1 Å². The van der Waals surface area contributed by atoms with Gasteiger partial charge in [-0.3, -0.25) is 4.79 Å². The maximum atomic E-state index is 11.4. The molecule has 1 heterocycles. The Hall–Kier alpha value is -2.57. The fourth-order valence-electron chi connectivity index (χ4n) is 2.63. The molecule has 0 bridgehead atoms. The molecule has 0 aromatic heterocycles. The van der Waals surface area contributed by atoms with Gasteiger partial charge < -0.3 is 24.6 Å². The number of ketones is 1. The van der Waals surface area contributed by atoms with Gasteiger partial charge in [0, 0.05) is 18.7 Å². The average Bonchev–Trinajstić information content (AvgIpc) is 2.66. The number of para-hydroxylation sites is 2. The Morgan fingerprint density at radius 3 is 2.88 bits per heavy atom. The van der Waals surface area contributed by atoms with Crippen molar-refractivity contribution in [1.82, 2.24) is 5.32 Å². The van der Waals surface area contributed by atoms with Crippen LogP contribution in [0, 0.1) is 0 Å². The van der Waals surface area contributed by atoms with Crippen LogP contribution in [0.5, 0.6) is 17.2 Å². The average molecular weight is 357 g/mol. The summed E-state index contributed by atoms with van der Waals surface area (Å²) in [5.74, 6) is 2.04. The second kappa shape index (κ2) is 8.69. The summed E-state index contributed by atoms with van der Waals surface area (Å²) < 4.78 is 17.0. The molecule has 1 aliphatic rings. The molecular formula is C20H23NO5. The third-order valence-corrected chi connectivity index (χ3v) is 4.00. The summed E-state index contributed by atoms with van der Waals surface area (Å²) >= 11 is 0. The molecule has 138 valence electrons. The van der Waals surface area contributed by atoms with Gasteiger partial charge in [-0.1, -0.05) is 24.3 Å². The minimum absolute atomic E-state index is 0.0195. The zero-order chi connectivity index (χ0) is 18.4. The van der Waals surface area contributed by atoms with E-state index in [1.165, 1.54) is 6.92 Å². The van der Waals surface area contributed by atoms with Crippen LogP contribution in [0.1, 0.15) is 17.3 Å². The third-order valence-electron chi connectivity index (χ3n) is 4.00. The third kappa shape index (κ3) is 4.97. The summed E-state index contributed by atoms with van der Waals surface area (Å²) in [5.41, 5.74) is 0.588. The lowest BCUT2D eigenvalue weighted by Crippen LogP contribution is -2.41. The highest BCUT2D eigenvalue weighted by Crippen LogP contribution is 2.30. The Morgan fingerprint density at radius 2 is 2.08 bits per heavy atom. The quantitative estimate of drug-likeness (QED) is 0.704. The molecule has 0 aliphatic carbocycles. The number of fused-ring (bicyclic) bond motifs is 1. The number of carbonyl (C=O) groups excluding carboxylic acids is 1. The summed E-state index contributed by atoms with van der Waals surface area (Å²) in [5, 5.41) is 13.2. The zero-order valence-corrected chi connectivity index (χ0v) is 14.7. The van der Waals surface area contributed by atoms with E-state index >= 15 is 0 Å². The van der Waals surface area contributed by atoms with Crippen molar-refractivity contribution in [1.29, 1.82) is 0 Å². The van der Waals surface area contributed by atoms with Gasteiger partial charge in [0.15, 0.2) is 17.3 Å². The van der Waals surface area contributed by atoms with E-state index in [1.807, 2.05) is 24.3 Å². The summed E-state index contributed by atoms with van der Waals surface area (Å²) in [6, 6.07) is 14.5. The number of carbonyl (C=O) groups is 1. The molecule has 0 fully saturated rings. The number of nitrogens with one attached hydrogen (secondary N) is 1. The number of Topliss-reactive ketones (excluding diaryl/α,β-unsaturated/α-hetero) is 1.